The van der Waals surface area contributed by atoms with Crippen LogP contribution in [-0.4, -0.2) is 24.1 Å². The molecule has 0 bridgehead atoms. The first-order chi connectivity index (χ1) is 12.8. The maximum absolute atomic E-state index is 12.5. The standard InChI is InChI=1S/C22H32N4O/c1-6-26(7-2)19-14-13-17(15-23-19)16-24-21(27)25-20(22(3,4)5)18-11-9-8-10-12-18/h8-15,20H,6-7,16H2,1-5H3,(H2,24,25,27). The molecule has 0 aliphatic rings. The number of benzene rings is 1. The van der Waals surface area contributed by atoms with Gasteiger partial charge in [0.25, 0.3) is 0 Å². The summed E-state index contributed by atoms with van der Waals surface area (Å²) in [6, 6.07) is 13.8. The Balaban J connectivity index is 1.96. The molecule has 1 aromatic heterocycles. The molecule has 1 unspecified atom stereocenters. The lowest BCUT2D eigenvalue weighted by molar-refractivity contribution is 0.218. The molecule has 2 rings (SSSR count). The molecule has 0 saturated heterocycles. The van der Waals surface area contributed by atoms with Crippen LogP contribution in [0.1, 0.15) is 51.8 Å². The topological polar surface area (TPSA) is 57.3 Å². The highest BCUT2D eigenvalue weighted by Gasteiger charge is 2.27. The van der Waals surface area contributed by atoms with Crippen molar-refractivity contribution in [2.24, 2.45) is 5.41 Å². The highest BCUT2D eigenvalue weighted by atomic mass is 16.2. The third kappa shape index (κ3) is 5.98. The average molecular weight is 369 g/mol. The Morgan fingerprint density at radius 1 is 1.07 bits per heavy atom. The van der Waals surface area contributed by atoms with E-state index in [1.165, 1.54) is 0 Å². The summed E-state index contributed by atoms with van der Waals surface area (Å²) in [4.78, 5) is 19.2. The molecule has 27 heavy (non-hydrogen) atoms. The van der Waals surface area contributed by atoms with Crippen LogP contribution >= 0.6 is 0 Å². The third-order valence-electron chi connectivity index (χ3n) is 4.62. The van der Waals surface area contributed by atoms with E-state index in [1.54, 1.807) is 0 Å². The molecule has 5 nitrogen and oxygen atoms in total. The van der Waals surface area contributed by atoms with E-state index in [9.17, 15) is 4.79 Å². The van der Waals surface area contributed by atoms with Gasteiger partial charge in [0.2, 0.25) is 0 Å². The van der Waals surface area contributed by atoms with Crippen molar-refractivity contribution >= 4 is 11.8 Å². The first-order valence-corrected chi connectivity index (χ1v) is 9.64. The number of hydrogen-bond acceptors (Lipinski definition) is 3. The smallest absolute Gasteiger partial charge is 0.315 e. The fraction of sp³-hybridized carbons (Fsp3) is 0.455. The molecule has 1 atom stereocenters. The SMILES string of the molecule is CCN(CC)c1ccc(CNC(=O)NC(c2ccccc2)C(C)(C)C)cn1. The van der Waals surface area contributed by atoms with E-state index in [-0.39, 0.29) is 17.5 Å². The zero-order valence-electron chi connectivity index (χ0n) is 17.1. The zero-order chi connectivity index (χ0) is 19.9. The number of hydrogen-bond donors (Lipinski definition) is 2. The summed E-state index contributed by atoms with van der Waals surface area (Å²) in [7, 11) is 0. The van der Waals surface area contributed by atoms with Gasteiger partial charge in [0.1, 0.15) is 5.82 Å². The molecule has 1 aromatic carbocycles. The molecule has 1 heterocycles. The van der Waals surface area contributed by atoms with Crippen LogP contribution in [0.2, 0.25) is 0 Å². The minimum Gasteiger partial charge on any atom is -0.357 e. The molecule has 2 aromatic rings. The molecule has 5 heteroatoms. The van der Waals surface area contributed by atoms with Gasteiger partial charge >= 0.3 is 6.03 Å². The molecule has 2 amide bonds. The number of carbonyl (C=O) groups excluding carboxylic acids is 1. The predicted molar refractivity (Wildman–Crippen MR) is 112 cm³/mol. The Kier molecular flexibility index (Phi) is 7.22. The van der Waals surface area contributed by atoms with Gasteiger partial charge in [-0.15, -0.1) is 0 Å². The molecule has 0 fully saturated rings. The van der Waals surface area contributed by atoms with E-state index in [1.807, 2.05) is 48.7 Å². The lowest BCUT2D eigenvalue weighted by Crippen LogP contribution is -2.42. The van der Waals surface area contributed by atoms with Crippen LogP contribution in [0.5, 0.6) is 0 Å². The van der Waals surface area contributed by atoms with Gasteiger partial charge in [-0.25, -0.2) is 9.78 Å². The molecule has 2 N–H and O–H groups in total. The van der Waals surface area contributed by atoms with Crippen LogP contribution in [0.4, 0.5) is 10.6 Å². The quantitative estimate of drug-likeness (QED) is 0.756. The van der Waals surface area contributed by atoms with Crippen LogP contribution in [0.15, 0.2) is 48.7 Å². The largest absolute Gasteiger partial charge is 0.357 e. The van der Waals surface area contributed by atoms with Crippen molar-refractivity contribution in [3.8, 4) is 0 Å². The van der Waals surface area contributed by atoms with Gasteiger partial charge in [-0.3, -0.25) is 0 Å². The van der Waals surface area contributed by atoms with E-state index < -0.39 is 0 Å². The zero-order valence-corrected chi connectivity index (χ0v) is 17.1. The van der Waals surface area contributed by atoms with Crippen LogP contribution < -0.4 is 15.5 Å². The van der Waals surface area contributed by atoms with Gasteiger partial charge in [0.15, 0.2) is 0 Å². The second-order valence-corrected chi connectivity index (χ2v) is 7.73. The van der Waals surface area contributed by atoms with Crippen molar-refractivity contribution in [1.82, 2.24) is 15.6 Å². The average Bonchev–Trinajstić information content (AvgIpc) is 2.66. The summed E-state index contributed by atoms with van der Waals surface area (Å²) in [5.41, 5.74) is 1.99. The lowest BCUT2D eigenvalue weighted by atomic mass is 9.82. The van der Waals surface area contributed by atoms with E-state index in [0.717, 1.165) is 30.0 Å². The molecule has 0 radical (unpaired) electrons. The van der Waals surface area contributed by atoms with Crippen LogP contribution in [0.25, 0.3) is 0 Å². The summed E-state index contributed by atoms with van der Waals surface area (Å²) >= 11 is 0. The summed E-state index contributed by atoms with van der Waals surface area (Å²) in [6.07, 6.45) is 1.83. The molecule has 0 aliphatic heterocycles. The maximum Gasteiger partial charge on any atom is 0.315 e. The molecule has 0 aliphatic carbocycles. The van der Waals surface area contributed by atoms with Crippen molar-refractivity contribution in [1.29, 1.82) is 0 Å². The molecule has 0 saturated carbocycles. The Labute approximate surface area is 163 Å². The van der Waals surface area contributed by atoms with E-state index in [0.29, 0.717) is 6.54 Å². The van der Waals surface area contributed by atoms with Gasteiger partial charge in [-0.2, -0.15) is 0 Å². The Morgan fingerprint density at radius 3 is 2.26 bits per heavy atom. The number of anilines is 1. The molecule has 0 spiro atoms. The number of pyridine rings is 1. The van der Waals surface area contributed by atoms with Crippen LogP contribution in [0.3, 0.4) is 0 Å². The second-order valence-electron chi connectivity index (χ2n) is 7.73. The van der Waals surface area contributed by atoms with E-state index in [4.69, 9.17) is 0 Å². The number of rotatable bonds is 7. The Hall–Kier alpha value is -2.56. The minimum absolute atomic E-state index is 0.0677. The van der Waals surface area contributed by atoms with E-state index >= 15 is 0 Å². The predicted octanol–water partition coefficient (Wildman–Crippen LogP) is 4.51. The first kappa shape index (κ1) is 20.7. The van der Waals surface area contributed by atoms with Crippen molar-refractivity contribution in [3.05, 3.63) is 59.8 Å². The van der Waals surface area contributed by atoms with Crippen LogP contribution in [0, 0.1) is 5.41 Å². The van der Waals surface area contributed by atoms with Crippen molar-refractivity contribution < 1.29 is 4.79 Å². The molecular weight excluding hydrogens is 336 g/mol. The monoisotopic (exact) mass is 368 g/mol. The highest BCUT2D eigenvalue weighted by Crippen LogP contribution is 2.32. The normalized spacial score (nSPS) is 12.3. The molecular formula is C22H32N4O. The number of carbonyl (C=O) groups is 1. The number of nitrogens with zero attached hydrogens (tertiary/aromatic N) is 2. The maximum atomic E-state index is 12.5. The van der Waals surface area contributed by atoms with E-state index in [2.05, 4.69) is 55.1 Å². The van der Waals surface area contributed by atoms with Gasteiger partial charge in [0, 0.05) is 25.8 Å². The van der Waals surface area contributed by atoms with Crippen LogP contribution in [-0.2, 0) is 6.54 Å². The van der Waals surface area contributed by atoms with Gasteiger partial charge in [-0.05, 0) is 36.5 Å². The van der Waals surface area contributed by atoms with Crippen molar-refractivity contribution in [3.63, 3.8) is 0 Å². The van der Waals surface area contributed by atoms with Gasteiger partial charge in [-0.1, -0.05) is 57.2 Å². The number of nitrogens with one attached hydrogen (secondary N) is 2. The van der Waals surface area contributed by atoms with Gasteiger partial charge < -0.3 is 15.5 Å². The third-order valence-corrected chi connectivity index (χ3v) is 4.62. The van der Waals surface area contributed by atoms with Crippen molar-refractivity contribution in [2.45, 2.75) is 47.2 Å². The fourth-order valence-electron chi connectivity index (χ4n) is 3.07. The molecule has 146 valence electrons. The number of urea groups is 1. The first-order valence-electron chi connectivity index (χ1n) is 9.64. The summed E-state index contributed by atoms with van der Waals surface area (Å²) in [5, 5.41) is 6.06. The number of amides is 2. The van der Waals surface area contributed by atoms with Gasteiger partial charge in [0.05, 0.1) is 6.04 Å². The van der Waals surface area contributed by atoms with Crippen molar-refractivity contribution in [2.75, 3.05) is 18.0 Å². The fourth-order valence-corrected chi connectivity index (χ4v) is 3.07. The lowest BCUT2D eigenvalue weighted by Gasteiger charge is -2.32. The minimum atomic E-state index is -0.174. The summed E-state index contributed by atoms with van der Waals surface area (Å²) in [5.74, 6) is 0.963. The summed E-state index contributed by atoms with van der Waals surface area (Å²) < 4.78 is 0. The second kappa shape index (κ2) is 9.40. The highest BCUT2D eigenvalue weighted by molar-refractivity contribution is 5.74. The number of aromatic nitrogens is 1. The Bertz CT molecular complexity index is 703. The Morgan fingerprint density at radius 2 is 1.74 bits per heavy atom. The summed E-state index contributed by atoms with van der Waals surface area (Å²) in [6.45, 7) is 12.9.